The lowest BCUT2D eigenvalue weighted by Crippen LogP contribution is -2.25. The summed E-state index contributed by atoms with van der Waals surface area (Å²) in [6.45, 7) is 1.79. The molecule has 2 aliphatic heterocycles. The third-order valence-electron chi connectivity index (χ3n) is 6.44. The number of alkyl halides is 6. The summed E-state index contributed by atoms with van der Waals surface area (Å²) in [4.78, 5) is 25.5. The van der Waals surface area contributed by atoms with Gasteiger partial charge in [-0.3, -0.25) is 9.67 Å². The monoisotopic (exact) mass is 621 g/mol. The summed E-state index contributed by atoms with van der Waals surface area (Å²) >= 11 is 0. The molecular formula is C29H19F8N5O2. The summed E-state index contributed by atoms with van der Waals surface area (Å²) in [7, 11) is 0. The molecule has 2 aliphatic rings. The minimum Gasteiger partial charge on any atom is -0.464 e. The summed E-state index contributed by atoms with van der Waals surface area (Å²) in [5, 5.41) is 4.18. The van der Waals surface area contributed by atoms with E-state index in [1.807, 2.05) is 0 Å². The van der Waals surface area contributed by atoms with E-state index in [0.717, 1.165) is 23.0 Å². The molecule has 0 radical (unpaired) electrons. The van der Waals surface area contributed by atoms with Crippen molar-refractivity contribution in [2.24, 2.45) is 0 Å². The van der Waals surface area contributed by atoms with E-state index in [4.69, 9.17) is 4.74 Å². The van der Waals surface area contributed by atoms with Crippen LogP contribution in [0.3, 0.4) is 0 Å². The summed E-state index contributed by atoms with van der Waals surface area (Å²) in [5.74, 6) is -3.19. The van der Waals surface area contributed by atoms with Gasteiger partial charge in [-0.25, -0.2) is 23.5 Å². The standard InChI is InChI=1S/C29H19F8N5O2/c1-2-10-44-27(43)25(42-14-23-22(13-39-42)40-26(41-23)18-4-3-5-20(30)24(18)31)15-6-9-21(38-12-15)17-8-7-16(28(32,33)34)11-19(17)29(35,36)37/h3-9,11-14,25H,2,10H2,1H3. The Balaban J connectivity index is 1.55. The number of imidazole rings is 1. The Bertz CT molecular complexity index is 1780. The fourth-order valence-electron chi connectivity index (χ4n) is 4.36. The average molecular weight is 621 g/mol. The fraction of sp³-hybridized carbons (Fsp3) is 0.207. The topological polar surface area (TPSA) is 82.8 Å². The van der Waals surface area contributed by atoms with Gasteiger partial charge in [-0.2, -0.15) is 31.4 Å². The van der Waals surface area contributed by atoms with Gasteiger partial charge in [-0.1, -0.05) is 25.1 Å². The maximum atomic E-state index is 14.3. The molecule has 3 heterocycles. The molecule has 15 heteroatoms. The van der Waals surface area contributed by atoms with Crippen LogP contribution in [0.25, 0.3) is 34.0 Å². The lowest BCUT2D eigenvalue weighted by atomic mass is 9.99. The van der Waals surface area contributed by atoms with Gasteiger partial charge in [0, 0.05) is 17.3 Å². The van der Waals surface area contributed by atoms with Gasteiger partial charge < -0.3 is 4.74 Å². The second-order valence-corrected chi connectivity index (χ2v) is 9.48. The number of rotatable bonds is 7. The van der Waals surface area contributed by atoms with E-state index in [-0.39, 0.29) is 46.7 Å². The normalized spacial score (nSPS) is 12.8. The van der Waals surface area contributed by atoms with Crippen molar-refractivity contribution in [1.29, 1.82) is 0 Å². The number of esters is 1. The first-order valence-corrected chi connectivity index (χ1v) is 12.9. The molecular weight excluding hydrogens is 602 g/mol. The number of aromatic nitrogens is 5. The number of pyridine rings is 1. The number of fused-ring (bicyclic) bond motifs is 1. The van der Waals surface area contributed by atoms with Gasteiger partial charge in [0.2, 0.25) is 0 Å². The van der Waals surface area contributed by atoms with Gasteiger partial charge in [-0.15, -0.1) is 0 Å². The molecule has 3 aromatic rings. The summed E-state index contributed by atoms with van der Waals surface area (Å²) in [6.07, 6.45) is -6.04. The third kappa shape index (κ3) is 6.07. The molecule has 0 saturated heterocycles. The van der Waals surface area contributed by atoms with E-state index in [9.17, 15) is 39.9 Å². The minimum absolute atomic E-state index is 0.00961. The maximum absolute atomic E-state index is 14.3. The van der Waals surface area contributed by atoms with Gasteiger partial charge in [-0.05, 0) is 36.8 Å². The molecule has 44 heavy (non-hydrogen) atoms. The van der Waals surface area contributed by atoms with Gasteiger partial charge >= 0.3 is 18.3 Å². The summed E-state index contributed by atoms with van der Waals surface area (Å²) < 4.78 is 115. The Morgan fingerprint density at radius 1 is 0.886 bits per heavy atom. The third-order valence-corrected chi connectivity index (χ3v) is 6.44. The smallest absolute Gasteiger partial charge is 0.417 e. The molecule has 0 fully saturated rings. The lowest BCUT2D eigenvalue weighted by molar-refractivity contribution is -0.147. The molecule has 1 atom stereocenters. The Hall–Kier alpha value is -4.95. The van der Waals surface area contributed by atoms with Crippen LogP contribution in [0, 0.1) is 11.6 Å². The lowest BCUT2D eigenvalue weighted by Gasteiger charge is -2.19. The zero-order valence-corrected chi connectivity index (χ0v) is 22.4. The Labute approximate surface area is 243 Å². The number of ether oxygens (including phenoxy) is 1. The van der Waals surface area contributed by atoms with Gasteiger partial charge in [0.05, 0.1) is 41.4 Å². The summed E-state index contributed by atoms with van der Waals surface area (Å²) in [6, 6.07) is 5.77. The van der Waals surface area contributed by atoms with E-state index in [0.29, 0.717) is 18.6 Å². The molecule has 0 aliphatic carbocycles. The van der Waals surface area contributed by atoms with Crippen molar-refractivity contribution in [3.05, 3.63) is 95.4 Å². The van der Waals surface area contributed by atoms with Crippen LogP contribution in [0.2, 0.25) is 0 Å². The van der Waals surface area contributed by atoms with Crippen molar-refractivity contribution < 1.29 is 44.7 Å². The number of carbonyl (C=O) groups excluding carboxylic acids is 1. The number of nitrogens with zero attached hydrogens (tertiary/aromatic N) is 5. The minimum atomic E-state index is -5.12. The molecule has 5 rings (SSSR count). The maximum Gasteiger partial charge on any atom is 0.417 e. The molecule has 0 N–H and O–H groups in total. The molecule has 1 unspecified atom stereocenters. The SMILES string of the molecule is CCCOC(=O)C(c1ccc(-c2ccc(C(F)(F)F)cc2C(F)(F)F)nc1)n1cc2nc(-c3cccc(F)c3F)nc-2cn1. The highest BCUT2D eigenvalue weighted by Crippen LogP contribution is 2.40. The van der Waals surface area contributed by atoms with E-state index < -0.39 is 52.7 Å². The zero-order chi connectivity index (χ0) is 31.8. The highest BCUT2D eigenvalue weighted by Gasteiger charge is 2.38. The molecule has 7 nitrogen and oxygen atoms in total. The first kappa shape index (κ1) is 30.5. The number of hydrogen-bond acceptors (Lipinski definition) is 6. The Kier molecular flexibility index (Phi) is 8.05. The Morgan fingerprint density at radius 2 is 1.64 bits per heavy atom. The van der Waals surface area contributed by atoms with Crippen molar-refractivity contribution in [1.82, 2.24) is 24.7 Å². The van der Waals surface area contributed by atoms with Crippen molar-refractivity contribution in [2.75, 3.05) is 6.61 Å². The van der Waals surface area contributed by atoms with Crippen molar-refractivity contribution in [3.8, 4) is 34.0 Å². The highest BCUT2D eigenvalue weighted by molar-refractivity contribution is 5.78. The molecule has 1 aromatic heterocycles. The number of carbonyl (C=O) groups is 1. The van der Waals surface area contributed by atoms with Crippen molar-refractivity contribution >= 4 is 5.97 Å². The number of benzene rings is 2. The van der Waals surface area contributed by atoms with Crippen LogP contribution in [0.4, 0.5) is 35.1 Å². The fourth-order valence-corrected chi connectivity index (χ4v) is 4.36. The quantitative estimate of drug-likeness (QED) is 0.140. The average Bonchev–Trinajstić information content (AvgIpc) is 3.40. The van der Waals surface area contributed by atoms with E-state index in [2.05, 4.69) is 20.1 Å². The van der Waals surface area contributed by atoms with Crippen LogP contribution in [-0.2, 0) is 21.9 Å². The van der Waals surface area contributed by atoms with Crippen LogP contribution in [0.5, 0.6) is 0 Å². The van der Waals surface area contributed by atoms with Crippen molar-refractivity contribution in [2.45, 2.75) is 31.7 Å². The molecule has 2 aromatic carbocycles. The van der Waals surface area contributed by atoms with E-state index in [1.165, 1.54) is 30.6 Å². The van der Waals surface area contributed by atoms with Gasteiger partial charge in [0.15, 0.2) is 23.5 Å². The highest BCUT2D eigenvalue weighted by atomic mass is 19.4. The van der Waals surface area contributed by atoms with Crippen molar-refractivity contribution in [3.63, 3.8) is 0 Å². The second-order valence-electron chi connectivity index (χ2n) is 9.48. The summed E-state index contributed by atoms with van der Waals surface area (Å²) in [5.41, 5.74) is -3.65. The van der Waals surface area contributed by atoms with Crippen LogP contribution < -0.4 is 0 Å². The predicted octanol–water partition coefficient (Wildman–Crippen LogP) is 7.37. The molecule has 0 bridgehead atoms. The first-order chi connectivity index (χ1) is 20.8. The molecule has 0 amide bonds. The Morgan fingerprint density at radius 3 is 2.30 bits per heavy atom. The molecule has 228 valence electrons. The van der Waals surface area contributed by atoms with E-state index in [1.54, 1.807) is 6.92 Å². The van der Waals surface area contributed by atoms with Crippen LogP contribution in [0.1, 0.15) is 36.1 Å². The predicted molar refractivity (Wildman–Crippen MR) is 139 cm³/mol. The molecule has 0 saturated carbocycles. The number of hydrogen-bond donors (Lipinski definition) is 0. The molecule has 0 spiro atoms. The zero-order valence-electron chi connectivity index (χ0n) is 22.4. The first-order valence-electron chi connectivity index (χ1n) is 12.9. The largest absolute Gasteiger partial charge is 0.464 e. The van der Waals surface area contributed by atoms with Crippen LogP contribution >= 0.6 is 0 Å². The van der Waals surface area contributed by atoms with Gasteiger partial charge in [0.25, 0.3) is 0 Å². The van der Waals surface area contributed by atoms with Gasteiger partial charge in [0.1, 0.15) is 11.4 Å². The second kappa shape index (κ2) is 11.6. The number of halogens is 8. The van der Waals surface area contributed by atoms with E-state index >= 15 is 0 Å². The van der Waals surface area contributed by atoms with Crippen LogP contribution in [0.15, 0.2) is 67.1 Å². The van der Waals surface area contributed by atoms with Crippen LogP contribution in [-0.4, -0.2) is 37.3 Å².